The summed E-state index contributed by atoms with van der Waals surface area (Å²) in [6, 6.07) is 6.18. The van der Waals surface area contributed by atoms with Crippen LogP contribution in [0, 0.1) is 0 Å². The molecule has 0 atom stereocenters. The first-order valence-electron chi connectivity index (χ1n) is 5.83. The summed E-state index contributed by atoms with van der Waals surface area (Å²) in [5, 5.41) is 10.3. The summed E-state index contributed by atoms with van der Waals surface area (Å²) in [5.74, 6) is -0.0202. The number of rotatable bonds is 6. The lowest BCUT2D eigenvalue weighted by atomic mass is 10.3. The van der Waals surface area contributed by atoms with E-state index in [9.17, 15) is 4.79 Å². The maximum atomic E-state index is 11.0. The third-order valence-electron chi connectivity index (χ3n) is 2.47. The minimum absolute atomic E-state index is 0.0202. The summed E-state index contributed by atoms with van der Waals surface area (Å²) < 4.78 is 0. The fourth-order valence-electron chi connectivity index (χ4n) is 1.65. The Morgan fingerprint density at radius 3 is 2.89 bits per heavy atom. The number of anilines is 1. The van der Waals surface area contributed by atoms with E-state index >= 15 is 0 Å². The molecule has 0 fully saturated rings. The average molecular weight is 280 g/mol. The molecule has 3 nitrogen and oxygen atoms in total. The van der Waals surface area contributed by atoms with Crippen molar-refractivity contribution in [3.8, 4) is 0 Å². The largest absolute Gasteiger partial charge is 0.325 e. The highest BCUT2D eigenvalue weighted by molar-refractivity contribution is 7.10. The molecule has 2 heterocycles. The molecular formula is C13H16N2OS2. The fourth-order valence-corrected chi connectivity index (χ4v) is 3.16. The summed E-state index contributed by atoms with van der Waals surface area (Å²) in [6.07, 6.45) is 1.05. The predicted molar refractivity (Wildman–Crippen MR) is 78.4 cm³/mol. The molecule has 0 saturated heterocycles. The molecular weight excluding hydrogens is 264 g/mol. The SMILES string of the molecule is CC(=O)Nc1ccsc1CNCCc1cccs1. The lowest BCUT2D eigenvalue weighted by Crippen LogP contribution is -2.17. The Labute approximate surface area is 115 Å². The van der Waals surface area contributed by atoms with E-state index in [0.29, 0.717) is 0 Å². The smallest absolute Gasteiger partial charge is 0.221 e. The monoisotopic (exact) mass is 280 g/mol. The molecule has 5 heteroatoms. The van der Waals surface area contributed by atoms with E-state index in [1.165, 1.54) is 16.7 Å². The van der Waals surface area contributed by atoms with E-state index in [1.807, 2.05) is 11.4 Å². The molecule has 2 aromatic heterocycles. The second-order valence-electron chi connectivity index (χ2n) is 3.94. The van der Waals surface area contributed by atoms with Crippen molar-refractivity contribution >= 4 is 34.3 Å². The van der Waals surface area contributed by atoms with Crippen LogP contribution in [0.5, 0.6) is 0 Å². The zero-order valence-electron chi connectivity index (χ0n) is 10.2. The van der Waals surface area contributed by atoms with E-state index in [2.05, 4.69) is 28.1 Å². The van der Waals surface area contributed by atoms with Crippen LogP contribution >= 0.6 is 22.7 Å². The van der Waals surface area contributed by atoms with Crippen molar-refractivity contribution in [2.75, 3.05) is 11.9 Å². The minimum Gasteiger partial charge on any atom is -0.325 e. The van der Waals surface area contributed by atoms with Crippen LogP contribution in [0.1, 0.15) is 16.7 Å². The van der Waals surface area contributed by atoms with E-state index in [0.717, 1.165) is 25.2 Å². The zero-order chi connectivity index (χ0) is 12.8. The van der Waals surface area contributed by atoms with Crippen LogP contribution in [-0.2, 0) is 17.8 Å². The standard InChI is InChI=1S/C13H16N2OS2/c1-10(16)15-12-5-8-18-13(12)9-14-6-4-11-3-2-7-17-11/h2-3,5,7-8,14H,4,6,9H2,1H3,(H,15,16). The molecule has 0 spiro atoms. The van der Waals surface area contributed by atoms with Crippen molar-refractivity contribution in [1.82, 2.24) is 5.32 Å². The Morgan fingerprint density at radius 2 is 2.17 bits per heavy atom. The number of carbonyl (C=O) groups is 1. The molecule has 2 aromatic rings. The van der Waals surface area contributed by atoms with Gasteiger partial charge in [0.15, 0.2) is 0 Å². The topological polar surface area (TPSA) is 41.1 Å². The van der Waals surface area contributed by atoms with E-state index < -0.39 is 0 Å². The van der Waals surface area contributed by atoms with Gasteiger partial charge in [0.05, 0.1) is 5.69 Å². The Kier molecular flexibility index (Phi) is 4.92. The molecule has 0 unspecified atom stereocenters. The number of hydrogen-bond donors (Lipinski definition) is 2. The Bertz CT molecular complexity index is 491. The molecule has 18 heavy (non-hydrogen) atoms. The molecule has 0 aliphatic carbocycles. The molecule has 1 amide bonds. The van der Waals surface area contributed by atoms with Crippen molar-refractivity contribution in [2.45, 2.75) is 19.9 Å². The molecule has 0 aliphatic rings. The first-order chi connectivity index (χ1) is 8.75. The molecule has 0 saturated carbocycles. The third kappa shape index (κ3) is 3.94. The van der Waals surface area contributed by atoms with Crippen LogP contribution in [0.3, 0.4) is 0 Å². The van der Waals surface area contributed by atoms with Gasteiger partial charge in [-0.15, -0.1) is 22.7 Å². The number of amides is 1. The number of nitrogens with one attached hydrogen (secondary N) is 2. The lowest BCUT2D eigenvalue weighted by molar-refractivity contribution is -0.114. The van der Waals surface area contributed by atoms with Crippen molar-refractivity contribution in [3.63, 3.8) is 0 Å². The lowest BCUT2D eigenvalue weighted by Gasteiger charge is -2.05. The predicted octanol–water partition coefficient (Wildman–Crippen LogP) is 3.10. The van der Waals surface area contributed by atoms with Crippen LogP contribution in [0.4, 0.5) is 5.69 Å². The van der Waals surface area contributed by atoms with Crippen molar-refractivity contribution in [3.05, 3.63) is 38.7 Å². The van der Waals surface area contributed by atoms with Gasteiger partial charge in [-0.25, -0.2) is 0 Å². The first kappa shape index (κ1) is 13.3. The average Bonchev–Trinajstić information content (AvgIpc) is 2.95. The fraction of sp³-hybridized carbons (Fsp3) is 0.308. The third-order valence-corrected chi connectivity index (χ3v) is 4.33. The van der Waals surface area contributed by atoms with Crippen molar-refractivity contribution in [2.24, 2.45) is 0 Å². The van der Waals surface area contributed by atoms with Gasteiger partial charge in [-0.2, -0.15) is 0 Å². The number of hydrogen-bond acceptors (Lipinski definition) is 4. The molecule has 96 valence electrons. The van der Waals surface area contributed by atoms with Gasteiger partial charge < -0.3 is 10.6 Å². The van der Waals surface area contributed by atoms with Crippen molar-refractivity contribution < 1.29 is 4.79 Å². The van der Waals surface area contributed by atoms with Gasteiger partial charge in [0.25, 0.3) is 0 Å². The van der Waals surface area contributed by atoms with Gasteiger partial charge in [-0.3, -0.25) is 4.79 Å². The van der Waals surface area contributed by atoms with Gasteiger partial charge in [-0.1, -0.05) is 6.07 Å². The summed E-state index contributed by atoms with van der Waals surface area (Å²) in [4.78, 5) is 13.6. The normalized spacial score (nSPS) is 10.5. The van der Waals surface area contributed by atoms with Crippen molar-refractivity contribution in [1.29, 1.82) is 0 Å². The van der Waals surface area contributed by atoms with Crippen LogP contribution in [0.25, 0.3) is 0 Å². The minimum atomic E-state index is -0.0202. The molecule has 2 N–H and O–H groups in total. The second-order valence-corrected chi connectivity index (χ2v) is 5.98. The maximum Gasteiger partial charge on any atom is 0.221 e. The Morgan fingerprint density at radius 1 is 1.28 bits per heavy atom. The maximum absolute atomic E-state index is 11.0. The van der Waals surface area contributed by atoms with Gasteiger partial charge in [0.1, 0.15) is 0 Å². The van der Waals surface area contributed by atoms with E-state index in [-0.39, 0.29) is 5.91 Å². The number of carbonyl (C=O) groups excluding carboxylic acids is 1. The molecule has 0 radical (unpaired) electrons. The van der Waals surface area contributed by atoms with Crippen LogP contribution in [-0.4, -0.2) is 12.5 Å². The van der Waals surface area contributed by atoms with Gasteiger partial charge in [0.2, 0.25) is 5.91 Å². The number of thiophene rings is 2. The van der Waals surface area contributed by atoms with E-state index in [1.54, 1.807) is 22.7 Å². The molecule has 0 aromatic carbocycles. The first-order valence-corrected chi connectivity index (χ1v) is 7.58. The molecule has 0 bridgehead atoms. The zero-order valence-corrected chi connectivity index (χ0v) is 11.9. The second kappa shape index (κ2) is 6.68. The van der Waals surface area contributed by atoms with E-state index in [4.69, 9.17) is 0 Å². The Balaban J connectivity index is 1.76. The van der Waals surface area contributed by atoms with Gasteiger partial charge in [0, 0.05) is 29.8 Å². The van der Waals surface area contributed by atoms with Crippen LogP contribution in [0.2, 0.25) is 0 Å². The summed E-state index contributed by atoms with van der Waals surface area (Å²) >= 11 is 3.45. The highest BCUT2D eigenvalue weighted by atomic mass is 32.1. The highest BCUT2D eigenvalue weighted by Crippen LogP contribution is 2.21. The van der Waals surface area contributed by atoms with Crippen LogP contribution < -0.4 is 10.6 Å². The molecule has 0 aliphatic heterocycles. The highest BCUT2D eigenvalue weighted by Gasteiger charge is 2.05. The van der Waals surface area contributed by atoms with Gasteiger partial charge in [-0.05, 0) is 29.3 Å². The summed E-state index contributed by atoms with van der Waals surface area (Å²) in [7, 11) is 0. The quantitative estimate of drug-likeness (QED) is 0.798. The summed E-state index contributed by atoms with van der Waals surface area (Å²) in [6.45, 7) is 3.29. The Hall–Kier alpha value is -1.17. The van der Waals surface area contributed by atoms with Gasteiger partial charge >= 0.3 is 0 Å². The molecule has 2 rings (SSSR count). The van der Waals surface area contributed by atoms with Crippen LogP contribution in [0.15, 0.2) is 29.0 Å². The summed E-state index contributed by atoms with van der Waals surface area (Å²) in [5.41, 5.74) is 0.927.